The predicted molar refractivity (Wildman–Crippen MR) is 112 cm³/mol. The molecule has 10 nitrogen and oxygen atoms in total. The average Bonchev–Trinajstić information content (AvgIpc) is 3.15. The maximum atomic E-state index is 11.3. The number of anilines is 2. The molecule has 0 bridgehead atoms. The van der Waals surface area contributed by atoms with Gasteiger partial charge in [-0.15, -0.1) is 5.10 Å². The molecule has 2 heterocycles. The first-order valence-electron chi connectivity index (χ1n) is 9.51. The van der Waals surface area contributed by atoms with Crippen molar-refractivity contribution in [2.45, 2.75) is 25.8 Å². The van der Waals surface area contributed by atoms with Crippen molar-refractivity contribution in [2.75, 3.05) is 24.8 Å². The fraction of sp³-hybridized carbons (Fsp3) is 0.350. The molecule has 156 valence electrons. The van der Waals surface area contributed by atoms with Crippen LogP contribution in [0.15, 0.2) is 35.6 Å². The van der Waals surface area contributed by atoms with Crippen LogP contribution in [0.5, 0.6) is 5.88 Å². The number of carboxylic acids is 1. The van der Waals surface area contributed by atoms with Gasteiger partial charge in [-0.3, -0.25) is 4.79 Å². The first-order valence-corrected chi connectivity index (χ1v) is 9.51. The fourth-order valence-corrected chi connectivity index (χ4v) is 3.92. The Morgan fingerprint density at radius 2 is 2.17 bits per heavy atom. The molecule has 1 aromatic carbocycles. The molecule has 2 aromatic heterocycles. The Bertz CT molecular complexity index is 1130. The number of ether oxygens (including phenoxy) is 1. The van der Waals surface area contributed by atoms with E-state index in [4.69, 9.17) is 10.3 Å². The molecule has 1 aliphatic rings. The van der Waals surface area contributed by atoms with Crippen LogP contribution in [0.3, 0.4) is 0 Å². The number of hydrogen-bond donors (Lipinski definition) is 4. The van der Waals surface area contributed by atoms with E-state index in [0.717, 1.165) is 16.8 Å². The van der Waals surface area contributed by atoms with Crippen molar-refractivity contribution in [3.8, 4) is 17.0 Å². The van der Waals surface area contributed by atoms with Crippen LogP contribution in [0.1, 0.15) is 19.8 Å². The highest BCUT2D eigenvalue weighted by molar-refractivity contribution is 5.87. The standard InChI is InChI=1S/C20H23N7O3/c1-20(18(28)29)9-12(10-20)23-19-24-17(30-3)16-13(6-7-27(16)26-19)11-4-5-14(25-21)15(8-11)22-2/h4-8,12,21-22H,9-10H2,1-3H3,(H,23,26)(H,28,29). The SMILES string of the molecule is CNc1cc(-c2ccn3nc(NC4CC(C)(C(=O)O)C4)nc(OC)c23)ccc1N=N. The van der Waals surface area contributed by atoms with E-state index in [1.807, 2.05) is 24.4 Å². The largest absolute Gasteiger partial charge is 0.481 e. The lowest BCUT2D eigenvalue weighted by Crippen LogP contribution is -2.48. The summed E-state index contributed by atoms with van der Waals surface area (Å²) in [6, 6.07) is 7.50. The van der Waals surface area contributed by atoms with E-state index < -0.39 is 11.4 Å². The van der Waals surface area contributed by atoms with Crippen LogP contribution in [-0.4, -0.2) is 45.9 Å². The quantitative estimate of drug-likeness (QED) is 0.436. The summed E-state index contributed by atoms with van der Waals surface area (Å²) >= 11 is 0. The van der Waals surface area contributed by atoms with Crippen LogP contribution in [-0.2, 0) is 4.79 Å². The molecule has 4 N–H and O–H groups in total. The van der Waals surface area contributed by atoms with E-state index >= 15 is 0 Å². The van der Waals surface area contributed by atoms with Gasteiger partial charge in [0.2, 0.25) is 11.8 Å². The summed E-state index contributed by atoms with van der Waals surface area (Å²) in [7, 11) is 3.33. The molecular formula is C20H23N7O3. The lowest BCUT2D eigenvalue weighted by molar-refractivity contribution is -0.153. The maximum Gasteiger partial charge on any atom is 0.309 e. The zero-order valence-electron chi connectivity index (χ0n) is 16.9. The number of aromatic nitrogens is 3. The molecule has 10 heteroatoms. The highest BCUT2D eigenvalue weighted by Crippen LogP contribution is 2.42. The molecule has 0 spiro atoms. The third-order valence-electron chi connectivity index (χ3n) is 5.61. The first-order chi connectivity index (χ1) is 14.4. The van der Waals surface area contributed by atoms with Gasteiger partial charge in [0.15, 0.2) is 0 Å². The van der Waals surface area contributed by atoms with Crippen molar-refractivity contribution in [3.63, 3.8) is 0 Å². The highest BCUT2D eigenvalue weighted by atomic mass is 16.5. The van der Waals surface area contributed by atoms with Gasteiger partial charge in [-0.25, -0.2) is 10.0 Å². The summed E-state index contributed by atoms with van der Waals surface area (Å²) in [4.78, 5) is 15.8. The normalized spacial score (nSPS) is 20.4. The van der Waals surface area contributed by atoms with Crippen LogP contribution in [0.25, 0.3) is 16.6 Å². The van der Waals surface area contributed by atoms with Crippen LogP contribution >= 0.6 is 0 Å². The Balaban J connectivity index is 1.67. The van der Waals surface area contributed by atoms with Gasteiger partial charge in [0, 0.05) is 24.8 Å². The van der Waals surface area contributed by atoms with Gasteiger partial charge in [0.05, 0.1) is 18.2 Å². The van der Waals surface area contributed by atoms with Gasteiger partial charge in [-0.2, -0.15) is 10.1 Å². The lowest BCUT2D eigenvalue weighted by Gasteiger charge is -2.41. The van der Waals surface area contributed by atoms with Crippen molar-refractivity contribution in [1.29, 1.82) is 5.53 Å². The van der Waals surface area contributed by atoms with E-state index in [9.17, 15) is 9.90 Å². The Morgan fingerprint density at radius 1 is 1.40 bits per heavy atom. The molecule has 0 amide bonds. The fourth-order valence-electron chi connectivity index (χ4n) is 3.92. The molecule has 0 unspecified atom stereocenters. The van der Waals surface area contributed by atoms with Gasteiger partial charge < -0.3 is 20.5 Å². The minimum Gasteiger partial charge on any atom is -0.481 e. The summed E-state index contributed by atoms with van der Waals surface area (Å²) in [5.74, 6) is 0.0148. The second-order valence-electron chi connectivity index (χ2n) is 7.68. The highest BCUT2D eigenvalue weighted by Gasteiger charge is 2.46. The molecule has 0 saturated heterocycles. The summed E-state index contributed by atoms with van der Waals surface area (Å²) in [6.07, 6.45) is 2.86. The van der Waals surface area contributed by atoms with Crippen molar-refractivity contribution >= 4 is 28.8 Å². The Morgan fingerprint density at radius 3 is 2.80 bits per heavy atom. The number of benzene rings is 1. The van der Waals surface area contributed by atoms with Crippen LogP contribution < -0.4 is 15.4 Å². The van der Waals surface area contributed by atoms with E-state index in [0.29, 0.717) is 35.9 Å². The van der Waals surface area contributed by atoms with Crippen LogP contribution in [0.2, 0.25) is 0 Å². The minimum absolute atomic E-state index is 0.00245. The topological polar surface area (TPSA) is 137 Å². The van der Waals surface area contributed by atoms with Gasteiger partial charge in [0.1, 0.15) is 11.2 Å². The van der Waals surface area contributed by atoms with E-state index in [-0.39, 0.29) is 6.04 Å². The van der Waals surface area contributed by atoms with E-state index in [1.54, 1.807) is 31.7 Å². The zero-order valence-corrected chi connectivity index (χ0v) is 16.9. The third-order valence-corrected chi connectivity index (χ3v) is 5.61. The smallest absolute Gasteiger partial charge is 0.309 e. The summed E-state index contributed by atoms with van der Waals surface area (Å²) in [5.41, 5.74) is 10.4. The number of fused-ring (bicyclic) bond motifs is 1. The van der Waals surface area contributed by atoms with Gasteiger partial charge >= 0.3 is 5.97 Å². The number of nitrogens with zero attached hydrogens (tertiary/aromatic N) is 4. The van der Waals surface area contributed by atoms with Gasteiger partial charge in [-0.1, -0.05) is 6.07 Å². The number of aliphatic carboxylic acids is 1. The molecule has 0 aliphatic heterocycles. The molecule has 4 rings (SSSR count). The minimum atomic E-state index is -0.783. The van der Waals surface area contributed by atoms with Crippen molar-refractivity contribution in [1.82, 2.24) is 14.6 Å². The second kappa shape index (κ2) is 7.29. The molecular weight excluding hydrogens is 386 g/mol. The summed E-state index contributed by atoms with van der Waals surface area (Å²) < 4.78 is 7.23. The predicted octanol–water partition coefficient (Wildman–Crippen LogP) is 3.77. The molecule has 0 atom stereocenters. The maximum absolute atomic E-state index is 11.3. The Hall–Kier alpha value is -3.69. The number of hydrogen-bond acceptors (Lipinski definition) is 8. The molecule has 1 saturated carbocycles. The zero-order chi connectivity index (χ0) is 21.5. The molecule has 0 radical (unpaired) electrons. The van der Waals surface area contributed by atoms with Crippen molar-refractivity contribution in [3.05, 3.63) is 30.5 Å². The van der Waals surface area contributed by atoms with Crippen LogP contribution in [0, 0.1) is 10.9 Å². The number of methoxy groups -OCH3 is 1. The first kappa shape index (κ1) is 19.6. The van der Waals surface area contributed by atoms with Gasteiger partial charge in [0.25, 0.3) is 0 Å². The second-order valence-corrected chi connectivity index (χ2v) is 7.68. The van der Waals surface area contributed by atoms with Crippen LogP contribution in [0.4, 0.5) is 17.3 Å². The average molecular weight is 409 g/mol. The lowest BCUT2D eigenvalue weighted by atomic mass is 9.67. The number of carbonyl (C=O) groups is 1. The number of nitrogens with one attached hydrogen (secondary N) is 3. The van der Waals surface area contributed by atoms with Gasteiger partial charge in [-0.05, 0) is 43.5 Å². The summed E-state index contributed by atoms with van der Waals surface area (Å²) in [6.45, 7) is 1.75. The molecule has 1 aliphatic carbocycles. The Labute approximate surface area is 172 Å². The Kier molecular flexibility index (Phi) is 4.76. The number of carboxylic acid groups (broad SMARTS) is 1. The third kappa shape index (κ3) is 3.19. The van der Waals surface area contributed by atoms with Crippen molar-refractivity contribution in [2.24, 2.45) is 10.5 Å². The molecule has 30 heavy (non-hydrogen) atoms. The summed E-state index contributed by atoms with van der Waals surface area (Å²) in [5, 5.41) is 23.6. The van der Waals surface area contributed by atoms with E-state index in [2.05, 4.69) is 25.8 Å². The van der Waals surface area contributed by atoms with Crippen molar-refractivity contribution < 1.29 is 14.6 Å². The molecule has 1 fully saturated rings. The molecule has 3 aromatic rings. The number of rotatable bonds is 7. The monoisotopic (exact) mass is 409 g/mol. The van der Waals surface area contributed by atoms with E-state index in [1.165, 1.54) is 0 Å².